The normalized spacial score (nSPS) is 14.5. The van der Waals surface area contributed by atoms with Crippen molar-refractivity contribution in [3.05, 3.63) is 61.8 Å². The van der Waals surface area contributed by atoms with Crippen molar-refractivity contribution in [1.82, 2.24) is 14.4 Å². The molecular formula is C32H44N5O4-. The summed E-state index contributed by atoms with van der Waals surface area (Å²) in [7, 11) is 0. The fourth-order valence-electron chi connectivity index (χ4n) is 4.45. The first-order chi connectivity index (χ1) is 19.6. The Kier molecular flexibility index (Phi) is 15.1. The Morgan fingerprint density at radius 1 is 0.951 bits per heavy atom. The summed E-state index contributed by atoms with van der Waals surface area (Å²) < 4.78 is 1.08. The number of allylic oxidation sites excluding steroid dienone is 2. The summed E-state index contributed by atoms with van der Waals surface area (Å²) in [4.78, 5) is 45.4. The molecule has 0 atom stereocenters. The number of unbranched alkanes of at least 4 members (excludes halogenated alkanes) is 3. The van der Waals surface area contributed by atoms with E-state index in [0.717, 1.165) is 28.7 Å². The van der Waals surface area contributed by atoms with E-state index in [1.165, 1.54) is 37.9 Å². The molecule has 1 aliphatic heterocycles. The van der Waals surface area contributed by atoms with Crippen LogP contribution in [0, 0.1) is 24.8 Å². The van der Waals surface area contributed by atoms with Gasteiger partial charge in [0, 0.05) is 24.2 Å². The molecule has 0 spiro atoms. The van der Waals surface area contributed by atoms with Gasteiger partial charge in [0.2, 0.25) is 0 Å². The molecule has 0 unspecified atom stereocenters. The van der Waals surface area contributed by atoms with Crippen LogP contribution in [0.5, 0.6) is 5.88 Å². The highest BCUT2D eigenvalue weighted by Gasteiger charge is 2.34. The van der Waals surface area contributed by atoms with E-state index in [1.54, 1.807) is 13.8 Å². The molecule has 9 heteroatoms. The predicted octanol–water partition coefficient (Wildman–Crippen LogP) is 5.27. The van der Waals surface area contributed by atoms with Crippen molar-refractivity contribution in [2.45, 2.75) is 87.1 Å². The minimum atomic E-state index is -0.595. The summed E-state index contributed by atoms with van der Waals surface area (Å²) >= 11 is 0. The fraction of sp³-hybridized carbons (Fsp3) is 0.531. The Morgan fingerprint density at radius 3 is 2.05 bits per heavy atom. The lowest BCUT2D eigenvalue weighted by molar-refractivity contribution is -0.278. The quantitative estimate of drug-likeness (QED) is 0.148. The van der Waals surface area contributed by atoms with Gasteiger partial charge in [-0.05, 0) is 69.4 Å². The fourth-order valence-corrected chi connectivity index (χ4v) is 4.45. The van der Waals surface area contributed by atoms with Crippen molar-refractivity contribution in [2.24, 2.45) is 0 Å². The maximum absolute atomic E-state index is 13.0. The minimum Gasteiger partial charge on any atom is -0.869 e. The van der Waals surface area contributed by atoms with Gasteiger partial charge in [-0.15, -0.1) is 0 Å². The zero-order valence-corrected chi connectivity index (χ0v) is 25.7. The standard InChI is InChI=1S/C26H30N4O4.C6H15N/c1-6-8-10-15-29-23(31)19(17(3)21(16-27)25(29)33)12-11-13-20-18(4)22(28-5)26(34)30(24(20)32)14-9-7-2;1-4-7(5-2)6-3/h11-13,34H,6-10,14-15H2,1-4H3;4-6H2,1-3H3/p-1. The van der Waals surface area contributed by atoms with E-state index >= 15 is 0 Å². The zero-order chi connectivity index (χ0) is 31.1. The van der Waals surface area contributed by atoms with Crippen molar-refractivity contribution in [1.29, 1.82) is 5.26 Å². The lowest BCUT2D eigenvalue weighted by atomic mass is 9.94. The van der Waals surface area contributed by atoms with E-state index in [0.29, 0.717) is 12.8 Å². The number of rotatable bonds is 12. The van der Waals surface area contributed by atoms with Crippen LogP contribution in [0.15, 0.2) is 33.7 Å². The molecule has 0 bridgehead atoms. The molecule has 222 valence electrons. The van der Waals surface area contributed by atoms with Gasteiger partial charge >= 0.3 is 0 Å². The molecule has 2 heterocycles. The first kappa shape index (κ1) is 35.1. The Hall–Kier alpha value is -3.95. The highest BCUT2D eigenvalue weighted by atomic mass is 16.3. The summed E-state index contributed by atoms with van der Waals surface area (Å²) in [6, 6.07) is 1.90. The Morgan fingerprint density at radius 2 is 1.56 bits per heavy atom. The van der Waals surface area contributed by atoms with Crippen molar-refractivity contribution in [2.75, 3.05) is 26.2 Å². The molecule has 1 aromatic heterocycles. The van der Waals surface area contributed by atoms with Crippen LogP contribution in [0.2, 0.25) is 0 Å². The number of carbonyl (C=O) groups excluding carboxylic acids is 2. The number of nitrogens with zero attached hydrogens (tertiary/aromatic N) is 5. The molecule has 2 rings (SSSR count). The third-order valence-electron chi connectivity index (χ3n) is 7.21. The Labute approximate surface area is 244 Å². The number of amides is 2. The van der Waals surface area contributed by atoms with Gasteiger partial charge in [-0.1, -0.05) is 66.0 Å². The molecule has 0 aliphatic carbocycles. The van der Waals surface area contributed by atoms with Gasteiger partial charge in [0.15, 0.2) is 5.69 Å². The van der Waals surface area contributed by atoms with E-state index in [1.807, 2.05) is 19.9 Å². The molecule has 1 aromatic rings. The van der Waals surface area contributed by atoms with Gasteiger partial charge in [-0.25, -0.2) is 4.85 Å². The lowest BCUT2D eigenvalue weighted by Gasteiger charge is -2.27. The molecule has 0 aromatic carbocycles. The van der Waals surface area contributed by atoms with Crippen molar-refractivity contribution in [3.63, 3.8) is 0 Å². The van der Waals surface area contributed by atoms with Crippen LogP contribution in [-0.4, -0.2) is 52.4 Å². The van der Waals surface area contributed by atoms with E-state index in [9.17, 15) is 24.8 Å². The summed E-state index contributed by atoms with van der Waals surface area (Å²) in [5, 5.41) is 22.0. The van der Waals surface area contributed by atoms with Crippen molar-refractivity contribution in [3.8, 4) is 11.9 Å². The van der Waals surface area contributed by atoms with Crippen molar-refractivity contribution >= 4 is 23.6 Å². The number of pyridine rings is 1. The highest BCUT2D eigenvalue weighted by Crippen LogP contribution is 2.30. The monoisotopic (exact) mass is 562 g/mol. The van der Waals surface area contributed by atoms with E-state index in [4.69, 9.17) is 6.57 Å². The summed E-state index contributed by atoms with van der Waals surface area (Å²) in [6.45, 7) is 25.0. The summed E-state index contributed by atoms with van der Waals surface area (Å²) in [6.07, 6.45) is 8.24. The second-order valence-electron chi connectivity index (χ2n) is 9.75. The van der Waals surface area contributed by atoms with Crippen LogP contribution in [-0.2, 0) is 16.1 Å². The third-order valence-corrected chi connectivity index (χ3v) is 7.21. The summed E-state index contributed by atoms with van der Waals surface area (Å²) in [5.74, 6) is -1.68. The second kappa shape index (κ2) is 17.7. The summed E-state index contributed by atoms with van der Waals surface area (Å²) in [5.41, 5.74) is 0.270. The van der Waals surface area contributed by atoms with Gasteiger partial charge in [-0.3, -0.25) is 19.3 Å². The van der Waals surface area contributed by atoms with E-state index < -0.39 is 23.3 Å². The molecular weight excluding hydrogens is 518 g/mol. The number of imide groups is 1. The largest absolute Gasteiger partial charge is 0.869 e. The maximum Gasteiger partial charge on any atom is 0.271 e. The highest BCUT2D eigenvalue weighted by molar-refractivity contribution is 6.18. The average molecular weight is 563 g/mol. The first-order valence-electron chi connectivity index (χ1n) is 14.5. The molecule has 0 saturated carbocycles. The van der Waals surface area contributed by atoms with Crippen LogP contribution in [0.3, 0.4) is 0 Å². The van der Waals surface area contributed by atoms with Crippen molar-refractivity contribution < 1.29 is 14.7 Å². The van der Waals surface area contributed by atoms with E-state index in [2.05, 4.69) is 30.5 Å². The maximum atomic E-state index is 13.0. The number of carbonyl (C=O) groups is 2. The Balaban J connectivity index is 0.00000106. The predicted molar refractivity (Wildman–Crippen MR) is 161 cm³/mol. The number of hydrogen-bond acceptors (Lipinski definition) is 6. The average Bonchev–Trinajstić information content (AvgIpc) is 2.96. The first-order valence-corrected chi connectivity index (χ1v) is 14.5. The van der Waals surface area contributed by atoms with Gasteiger partial charge in [0.05, 0.1) is 6.57 Å². The van der Waals surface area contributed by atoms with Crippen LogP contribution in [0.1, 0.15) is 84.8 Å². The van der Waals surface area contributed by atoms with E-state index in [-0.39, 0.29) is 46.6 Å². The molecule has 1 aliphatic rings. The molecule has 41 heavy (non-hydrogen) atoms. The van der Waals surface area contributed by atoms with Gasteiger partial charge in [0.25, 0.3) is 17.4 Å². The van der Waals surface area contributed by atoms with Gasteiger partial charge in [0.1, 0.15) is 11.6 Å². The van der Waals surface area contributed by atoms with Crippen LogP contribution in [0.25, 0.3) is 10.9 Å². The molecule has 2 amide bonds. The molecule has 0 saturated heterocycles. The number of hydrogen-bond donors (Lipinski definition) is 0. The van der Waals surface area contributed by atoms with Crippen LogP contribution < -0.4 is 10.7 Å². The topological polar surface area (TPSA) is 114 Å². The lowest BCUT2D eigenvalue weighted by Crippen LogP contribution is -2.43. The molecule has 0 fully saturated rings. The Bertz CT molecular complexity index is 1310. The third kappa shape index (κ3) is 8.77. The van der Waals surface area contributed by atoms with Gasteiger partial charge in [-0.2, -0.15) is 5.26 Å². The SMILES string of the molecule is CCN(CC)CC.[C-]#[N+]c1c(C)c(C=CC=C2C(=O)N(CCCCC)C(=O)C(C#N)=C2C)c(=O)n(CCCC)c1[O-]. The molecule has 0 radical (unpaired) electrons. The molecule has 9 nitrogen and oxygen atoms in total. The minimum absolute atomic E-state index is 0.0835. The number of aromatic nitrogens is 1. The van der Waals surface area contributed by atoms with Crippen LogP contribution >= 0.6 is 0 Å². The molecule has 0 N–H and O–H groups in total. The van der Waals surface area contributed by atoms with Crippen LogP contribution in [0.4, 0.5) is 5.69 Å². The van der Waals surface area contributed by atoms with Gasteiger partial charge < -0.3 is 14.6 Å². The second-order valence-corrected chi connectivity index (χ2v) is 9.75. The zero-order valence-electron chi connectivity index (χ0n) is 25.7. The number of nitriles is 1. The smallest absolute Gasteiger partial charge is 0.271 e.